The third-order valence-electron chi connectivity index (χ3n) is 1.95. The van der Waals surface area contributed by atoms with Gasteiger partial charge in [-0.25, -0.2) is 4.79 Å². The molecule has 0 amide bonds. The Morgan fingerprint density at radius 1 is 1.44 bits per heavy atom. The van der Waals surface area contributed by atoms with Gasteiger partial charge in [0.05, 0.1) is 13.7 Å². The van der Waals surface area contributed by atoms with Crippen LogP contribution in [-0.2, 0) is 9.53 Å². The molecule has 0 aliphatic heterocycles. The molecule has 16 heavy (non-hydrogen) atoms. The van der Waals surface area contributed by atoms with E-state index in [4.69, 9.17) is 9.47 Å². The van der Waals surface area contributed by atoms with Gasteiger partial charge in [-0.3, -0.25) is 0 Å². The topological polar surface area (TPSA) is 35.5 Å². The average Bonchev–Trinajstić information content (AvgIpc) is 2.34. The second kappa shape index (κ2) is 6.67. The van der Waals surface area contributed by atoms with E-state index in [1.807, 2.05) is 31.2 Å². The lowest BCUT2D eigenvalue weighted by Gasteiger charge is -2.00. The van der Waals surface area contributed by atoms with E-state index in [0.717, 1.165) is 17.7 Å². The fraction of sp³-hybridized carbons (Fsp3) is 0.308. The number of ether oxygens (including phenoxy) is 2. The van der Waals surface area contributed by atoms with E-state index in [1.165, 1.54) is 6.08 Å². The molecule has 0 saturated carbocycles. The number of methoxy groups -OCH3 is 1. The van der Waals surface area contributed by atoms with E-state index in [2.05, 4.69) is 0 Å². The average molecular weight is 220 g/mol. The van der Waals surface area contributed by atoms with Crippen LogP contribution in [0.25, 0.3) is 6.08 Å². The van der Waals surface area contributed by atoms with E-state index in [1.54, 1.807) is 13.2 Å². The van der Waals surface area contributed by atoms with Gasteiger partial charge in [0.15, 0.2) is 0 Å². The molecule has 0 fully saturated rings. The van der Waals surface area contributed by atoms with E-state index in [9.17, 15) is 4.79 Å². The second-order valence-electron chi connectivity index (χ2n) is 3.28. The van der Waals surface area contributed by atoms with Crippen LogP contribution in [0.2, 0.25) is 0 Å². The van der Waals surface area contributed by atoms with E-state index < -0.39 is 0 Å². The first-order valence-electron chi connectivity index (χ1n) is 5.25. The highest BCUT2D eigenvalue weighted by molar-refractivity contribution is 5.87. The first-order chi connectivity index (χ1) is 7.76. The van der Waals surface area contributed by atoms with Gasteiger partial charge in [-0.2, -0.15) is 0 Å². The Hall–Kier alpha value is -1.77. The molecular formula is C13H16O3. The smallest absolute Gasteiger partial charge is 0.330 e. The maximum absolute atomic E-state index is 11.2. The molecular weight excluding hydrogens is 204 g/mol. The van der Waals surface area contributed by atoms with Crippen molar-refractivity contribution < 1.29 is 14.3 Å². The van der Waals surface area contributed by atoms with Gasteiger partial charge in [-0.15, -0.1) is 0 Å². The van der Waals surface area contributed by atoms with E-state index >= 15 is 0 Å². The Labute approximate surface area is 95.7 Å². The van der Waals surface area contributed by atoms with Crippen LogP contribution in [0.3, 0.4) is 0 Å². The first kappa shape index (κ1) is 12.3. The van der Waals surface area contributed by atoms with Crippen molar-refractivity contribution in [3.05, 3.63) is 35.9 Å². The predicted molar refractivity (Wildman–Crippen MR) is 63.3 cm³/mol. The minimum absolute atomic E-state index is 0.315. The Kier molecular flexibility index (Phi) is 5.12. The van der Waals surface area contributed by atoms with E-state index in [-0.39, 0.29) is 5.97 Å². The number of benzene rings is 1. The Morgan fingerprint density at radius 3 is 2.94 bits per heavy atom. The molecule has 0 bridgehead atoms. The zero-order valence-corrected chi connectivity index (χ0v) is 9.60. The summed E-state index contributed by atoms with van der Waals surface area (Å²) in [4.78, 5) is 11.2. The summed E-state index contributed by atoms with van der Waals surface area (Å²) in [7, 11) is 1.61. The molecule has 86 valence electrons. The maximum Gasteiger partial charge on any atom is 0.330 e. The standard InChI is InChI=1S/C13H16O3/c1-3-9-16-13(14)8-7-11-5-4-6-12(10-11)15-2/h4-8,10H,3,9H2,1-2H3/b8-7-. The van der Waals surface area contributed by atoms with Crippen LogP contribution in [0.1, 0.15) is 18.9 Å². The SMILES string of the molecule is CCCOC(=O)/C=C\c1cccc(OC)c1. The van der Waals surface area contributed by atoms with Gasteiger partial charge in [0.25, 0.3) is 0 Å². The van der Waals surface area contributed by atoms with Gasteiger partial charge in [0.2, 0.25) is 0 Å². The Morgan fingerprint density at radius 2 is 2.25 bits per heavy atom. The summed E-state index contributed by atoms with van der Waals surface area (Å²) in [6.07, 6.45) is 3.96. The molecule has 0 heterocycles. The minimum atomic E-state index is -0.315. The Bertz CT molecular complexity index is 369. The lowest BCUT2D eigenvalue weighted by Crippen LogP contribution is -2.00. The van der Waals surface area contributed by atoms with Gasteiger partial charge in [0, 0.05) is 6.08 Å². The molecule has 0 aliphatic carbocycles. The molecule has 0 unspecified atom stereocenters. The van der Waals surface area contributed by atoms with Gasteiger partial charge < -0.3 is 9.47 Å². The molecule has 0 N–H and O–H groups in total. The van der Waals surface area contributed by atoms with Gasteiger partial charge in [-0.05, 0) is 30.2 Å². The fourth-order valence-corrected chi connectivity index (χ4v) is 1.16. The summed E-state index contributed by atoms with van der Waals surface area (Å²) < 4.78 is 9.99. The summed E-state index contributed by atoms with van der Waals surface area (Å²) in [5.74, 6) is 0.453. The first-order valence-corrected chi connectivity index (χ1v) is 5.25. The molecule has 0 aliphatic rings. The number of carbonyl (C=O) groups is 1. The maximum atomic E-state index is 11.2. The molecule has 0 saturated heterocycles. The molecule has 3 heteroatoms. The van der Waals surface area contributed by atoms with Crippen molar-refractivity contribution in [2.24, 2.45) is 0 Å². The molecule has 0 radical (unpaired) electrons. The third-order valence-corrected chi connectivity index (χ3v) is 1.95. The quantitative estimate of drug-likeness (QED) is 0.565. The lowest BCUT2D eigenvalue weighted by molar-refractivity contribution is -0.137. The van der Waals surface area contributed by atoms with E-state index in [0.29, 0.717) is 6.61 Å². The van der Waals surface area contributed by atoms with Gasteiger partial charge >= 0.3 is 5.97 Å². The van der Waals surface area contributed by atoms with Crippen LogP contribution < -0.4 is 4.74 Å². The number of hydrogen-bond acceptors (Lipinski definition) is 3. The van der Waals surface area contributed by atoms with Crippen LogP contribution >= 0.6 is 0 Å². The summed E-state index contributed by atoms with van der Waals surface area (Å²) in [5.41, 5.74) is 0.910. The van der Waals surface area contributed by atoms with Crippen LogP contribution in [0.4, 0.5) is 0 Å². The van der Waals surface area contributed by atoms with Crippen molar-refractivity contribution in [1.29, 1.82) is 0 Å². The summed E-state index contributed by atoms with van der Waals surface area (Å²) in [6, 6.07) is 7.47. The van der Waals surface area contributed by atoms with Crippen LogP contribution in [0.15, 0.2) is 30.3 Å². The molecule has 0 spiro atoms. The van der Waals surface area contributed by atoms with Crippen molar-refractivity contribution >= 4 is 12.0 Å². The van der Waals surface area contributed by atoms with Gasteiger partial charge in [-0.1, -0.05) is 19.1 Å². The summed E-state index contributed by atoms with van der Waals surface area (Å²) in [6.45, 7) is 2.42. The number of hydrogen-bond donors (Lipinski definition) is 0. The zero-order chi connectivity index (χ0) is 11.8. The second-order valence-corrected chi connectivity index (χ2v) is 3.28. The highest BCUT2D eigenvalue weighted by atomic mass is 16.5. The van der Waals surface area contributed by atoms with Crippen molar-refractivity contribution in [2.75, 3.05) is 13.7 Å². The van der Waals surface area contributed by atoms with Crippen molar-refractivity contribution in [1.82, 2.24) is 0 Å². The summed E-state index contributed by atoms with van der Waals surface area (Å²) in [5, 5.41) is 0. The molecule has 1 aromatic carbocycles. The molecule has 0 aromatic heterocycles. The Balaban J connectivity index is 2.58. The van der Waals surface area contributed by atoms with Crippen molar-refractivity contribution in [3.8, 4) is 5.75 Å². The fourth-order valence-electron chi connectivity index (χ4n) is 1.16. The minimum Gasteiger partial charge on any atom is -0.497 e. The molecule has 0 atom stereocenters. The zero-order valence-electron chi connectivity index (χ0n) is 9.60. The number of carbonyl (C=O) groups excluding carboxylic acids is 1. The van der Waals surface area contributed by atoms with Crippen LogP contribution in [0.5, 0.6) is 5.75 Å². The third kappa shape index (κ3) is 4.17. The predicted octanol–water partition coefficient (Wildman–Crippen LogP) is 2.66. The normalized spacial score (nSPS) is 10.4. The van der Waals surface area contributed by atoms with Crippen LogP contribution in [0, 0.1) is 0 Å². The monoisotopic (exact) mass is 220 g/mol. The van der Waals surface area contributed by atoms with Gasteiger partial charge in [0.1, 0.15) is 5.75 Å². The number of rotatable bonds is 5. The summed E-state index contributed by atoms with van der Waals surface area (Å²) >= 11 is 0. The molecule has 1 aromatic rings. The van der Waals surface area contributed by atoms with Crippen LogP contribution in [-0.4, -0.2) is 19.7 Å². The highest BCUT2D eigenvalue weighted by Crippen LogP contribution is 2.13. The van der Waals surface area contributed by atoms with Crippen molar-refractivity contribution in [2.45, 2.75) is 13.3 Å². The lowest BCUT2D eigenvalue weighted by atomic mass is 10.2. The highest BCUT2D eigenvalue weighted by Gasteiger charge is 1.96. The number of esters is 1. The molecule has 3 nitrogen and oxygen atoms in total. The largest absolute Gasteiger partial charge is 0.497 e. The molecule has 1 rings (SSSR count). The van der Waals surface area contributed by atoms with Crippen molar-refractivity contribution in [3.63, 3.8) is 0 Å².